The van der Waals surface area contributed by atoms with Crippen LogP contribution in [0.4, 0.5) is 0 Å². The van der Waals surface area contributed by atoms with Gasteiger partial charge in [-0.2, -0.15) is 0 Å². The summed E-state index contributed by atoms with van der Waals surface area (Å²) in [6.45, 7) is 7.39. The lowest BCUT2D eigenvalue weighted by Gasteiger charge is -2.55. The Bertz CT molecular complexity index is 255. The first kappa shape index (κ1) is 11.0. The predicted molar refractivity (Wildman–Crippen MR) is 67.6 cm³/mol. The second-order valence-electron chi connectivity index (χ2n) is 6.42. The number of nitrogens with zero attached hydrogens (tertiary/aromatic N) is 1. The molecular formula is C14H26N2. The van der Waals surface area contributed by atoms with Crippen molar-refractivity contribution >= 4 is 0 Å². The van der Waals surface area contributed by atoms with E-state index in [1.807, 2.05) is 0 Å². The van der Waals surface area contributed by atoms with Gasteiger partial charge in [0.1, 0.15) is 0 Å². The van der Waals surface area contributed by atoms with Gasteiger partial charge in [0.25, 0.3) is 0 Å². The molecule has 0 aromatic rings. The highest BCUT2D eigenvalue weighted by atomic mass is 15.3. The summed E-state index contributed by atoms with van der Waals surface area (Å²) in [6.07, 6.45) is 8.56. The number of rotatable bonds is 3. The van der Waals surface area contributed by atoms with E-state index in [4.69, 9.17) is 0 Å². The highest BCUT2D eigenvalue weighted by Crippen LogP contribution is 2.42. The van der Waals surface area contributed by atoms with Crippen LogP contribution in [0, 0.1) is 5.92 Å². The van der Waals surface area contributed by atoms with Crippen LogP contribution in [0.25, 0.3) is 0 Å². The summed E-state index contributed by atoms with van der Waals surface area (Å²) in [6, 6.07) is 1.60. The van der Waals surface area contributed by atoms with Gasteiger partial charge in [-0.25, -0.2) is 0 Å². The molecule has 2 heteroatoms. The standard InChI is InChI=1S/C14H26N2/c1-3-12-9-15-13(11-5-6-11)10-16(12)14(2)7-4-8-14/h11-13,15H,3-10H2,1-2H3. The molecule has 0 radical (unpaired) electrons. The lowest BCUT2D eigenvalue weighted by Crippen LogP contribution is -2.65. The van der Waals surface area contributed by atoms with Gasteiger partial charge in [-0.15, -0.1) is 0 Å². The Morgan fingerprint density at radius 1 is 1.31 bits per heavy atom. The minimum atomic E-state index is 0.552. The molecule has 0 spiro atoms. The maximum Gasteiger partial charge on any atom is 0.0224 e. The third kappa shape index (κ3) is 1.80. The summed E-state index contributed by atoms with van der Waals surface area (Å²) in [5, 5.41) is 3.79. The molecule has 3 aliphatic rings. The Kier molecular flexibility index (Phi) is 2.75. The number of hydrogen-bond donors (Lipinski definition) is 1. The Morgan fingerprint density at radius 2 is 2.06 bits per heavy atom. The van der Waals surface area contributed by atoms with Crippen molar-refractivity contribution in [3.05, 3.63) is 0 Å². The number of piperazine rings is 1. The van der Waals surface area contributed by atoms with E-state index in [1.54, 1.807) is 0 Å². The number of nitrogens with one attached hydrogen (secondary N) is 1. The molecule has 2 atom stereocenters. The smallest absolute Gasteiger partial charge is 0.0224 e. The lowest BCUT2D eigenvalue weighted by molar-refractivity contribution is -0.0318. The van der Waals surface area contributed by atoms with Crippen molar-refractivity contribution in [1.29, 1.82) is 0 Å². The van der Waals surface area contributed by atoms with Gasteiger partial charge in [-0.05, 0) is 51.4 Å². The molecule has 92 valence electrons. The zero-order valence-electron chi connectivity index (χ0n) is 10.8. The molecule has 3 fully saturated rings. The molecule has 1 heterocycles. The van der Waals surface area contributed by atoms with Gasteiger partial charge >= 0.3 is 0 Å². The molecule has 0 aromatic heterocycles. The molecule has 0 amide bonds. The molecule has 2 unspecified atom stereocenters. The van der Waals surface area contributed by atoms with Crippen molar-refractivity contribution in [2.75, 3.05) is 13.1 Å². The van der Waals surface area contributed by atoms with Crippen molar-refractivity contribution in [3.63, 3.8) is 0 Å². The highest BCUT2D eigenvalue weighted by Gasteiger charge is 2.45. The van der Waals surface area contributed by atoms with Crippen molar-refractivity contribution < 1.29 is 0 Å². The van der Waals surface area contributed by atoms with E-state index in [0.717, 1.165) is 18.0 Å². The molecule has 2 saturated carbocycles. The predicted octanol–water partition coefficient (Wildman–Crippen LogP) is 2.39. The molecule has 1 saturated heterocycles. The first-order chi connectivity index (χ1) is 7.73. The second kappa shape index (κ2) is 3.99. The van der Waals surface area contributed by atoms with Crippen molar-refractivity contribution in [2.24, 2.45) is 5.92 Å². The molecule has 1 aliphatic heterocycles. The lowest BCUT2D eigenvalue weighted by atomic mass is 9.75. The van der Waals surface area contributed by atoms with E-state index < -0.39 is 0 Å². The monoisotopic (exact) mass is 222 g/mol. The molecular weight excluding hydrogens is 196 g/mol. The van der Waals surface area contributed by atoms with Crippen LogP contribution in [0.2, 0.25) is 0 Å². The third-order valence-corrected chi connectivity index (χ3v) is 5.24. The average molecular weight is 222 g/mol. The van der Waals surface area contributed by atoms with Crippen molar-refractivity contribution in [3.8, 4) is 0 Å². The van der Waals surface area contributed by atoms with Gasteiger partial charge in [-0.1, -0.05) is 6.92 Å². The van der Waals surface area contributed by atoms with Gasteiger partial charge in [0.2, 0.25) is 0 Å². The summed E-state index contributed by atoms with van der Waals surface area (Å²) in [5.41, 5.74) is 0.552. The van der Waals surface area contributed by atoms with Crippen LogP contribution in [-0.4, -0.2) is 35.6 Å². The number of hydrogen-bond acceptors (Lipinski definition) is 2. The van der Waals surface area contributed by atoms with Gasteiger partial charge in [0, 0.05) is 30.7 Å². The van der Waals surface area contributed by atoms with E-state index in [-0.39, 0.29) is 0 Å². The largest absolute Gasteiger partial charge is 0.311 e. The topological polar surface area (TPSA) is 15.3 Å². The van der Waals surface area contributed by atoms with Crippen LogP contribution in [0.1, 0.15) is 52.4 Å². The second-order valence-corrected chi connectivity index (χ2v) is 6.42. The van der Waals surface area contributed by atoms with Crippen LogP contribution < -0.4 is 5.32 Å². The SMILES string of the molecule is CCC1CNC(C2CC2)CN1C1(C)CCC1. The first-order valence-electron chi connectivity index (χ1n) is 7.23. The van der Waals surface area contributed by atoms with Gasteiger partial charge < -0.3 is 5.32 Å². The Hall–Kier alpha value is -0.0800. The Balaban J connectivity index is 1.70. The normalized spacial score (nSPS) is 39.4. The molecule has 0 aromatic carbocycles. The molecule has 3 rings (SSSR count). The molecule has 2 aliphatic carbocycles. The fourth-order valence-corrected chi connectivity index (χ4v) is 3.64. The highest BCUT2D eigenvalue weighted by molar-refractivity contribution is 5.03. The zero-order chi connectivity index (χ0) is 11.2. The van der Waals surface area contributed by atoms with E-state index in [9.17, 15) is 0 Å². The fourth-order valence-electron chi connectivity index (χ4n) is 3.64. The summed E-state index contributed by atoms with van der Waals surface area (Å²) in [7, 11) is 0. The first-order valence-corrected chi connectivity index (χ1v) is 7.23. The fraction of sp³-hybridized carbons (Fsp3) is 1.00. The summed E-state index contributed by atoms with van der Waals surface area (Å²) >= 11 is 0. The molecule has 0 bridgehead atoms. The van der Waals surface area contributed by atoms with Crippen LogP contribution >= 0.6 is 0 Å². The van der Waals surface area contributed by atoms with Gasteiger partial charge in [0.05, 0.1) is 0 Å². The van der Waals surface area contributed by atoms with E-state index in [0.29, 0.717) is 5.54 Å². The average Bonchev–Trinajstić information content (AvgIpc) is 3.09. The molecule has 2 nitrogen and oxygen atoms in total. The van der Waals surface area contributed by atoms with Crippen molar-refractivity contribution in [2.45, 2.75) is 70.0 Å². The van der Waals surface area contributed by atoms with E-state index in [1.165, 1.54) is 51.6 Å². The van der Waals surface area contributed by atoms with Crippen LogP contribution in [-0.2, 0) is 0 Å². The minimum absolute atomic E-state index is 0.552. The maximum absolute atomic E-state index is 3.79. The quantitative estimate of drug-likeness (QED) is 0.789. The summed E-state index contributed by atoms with van der Waals surface area (Å²) < 4.78 is 0. The van der Waals surface area contributed by atoms with E-state index >= 15 is 0 Å². The molecule has 16 heavy (non-hydrogen) atoms. The van der Waals surface area contributed by atoms with Gasteiger partial charge in [-0.3, -0.25) is 4.90 Å². The van der Waals surface area contributed by atoms with Crippen LogP contribution in [0.15, 0.2) is 0 Å². The third-order valence-electron chi connectivity index (χ3n) is 5.24. The van der Waals surface area contributed by atoms with Crippen molar-refractivity contribution in [1.82, 2.24) is 10.2 Å². The summed E-state index contributed by atoms with van der Waals surface area (Å²) in [4.78, 5) is 2.86. The zero-order valence-corrected chi connectivity index (χ0v) is 10.8. The molecule has 1 N–H and O–H groups in total. The van der Waals surface area contributed by atoms with Gasteiger partial charge in [0.15, 0.2) is 0 Å². The Labute approximate surface area is 99.8 Å². The Morgan fingerprint density at radius 3 is 2.56 bits per heavy atom. The van der Waals surface area contributed by atoms with Crippen LogP contribution in [0.5, 0.6) is 0 Å². The maximum atomic E-state index is 3.79. The minimum Gasteiger partial charge on any atom is -0.311 e. The van der Waals surface area contributed by atoms with E-state index in [2.05, 4.69) is 24.1 Å². The van der Waals surface area contributed by atoms with Crippen LogP contribution in [0.3, 0.4) is 0 Å². The summed E-state index contributed by atoms with van der Waals surface area (Å²) in [5.74, 6) is 1.00.